The Hall–Kier alpha value is -0.740. The molecule has 3 nitrogen and oxygen atoms in total. The predicted octanol–water partition coefficient (Wildman–Crippen LogP) is 3.11. The van der Waals surface area contributed by atoms with Crippen LogP contribution in [0.5, 0.6) is 5.75 Å². The topological polar surface area (TPSA) is 24.5 Å². The third kappa shape index (κ3) is 2.24. The molecule has 2 atom stereocenters. The van der Waals surface area contributed by atoms with E-state index < -0.39 is 0 Å². The molecule has 2 aliphatic heterocycles. The van der Waals surface area contributed by atoms with Crippen LogP contribution in [0, 0.1) is 0 Å². The molecule has 0 radical (unpaired) electrons. The molecule has 98 valence electrons. The molecule has 0 amide bonds. The molecule has 2 saturated heterocycles. The fourth-order valence-corrected chi connectivity index (χ4v) is 3.60. The number of nitrogens with one attached hydrogen (secondary N) is 1. The van der Waals surface area contributed by atoms with E-state index in [-0.39, 0.29) is 0 Å². The monoisotopic (exact) mass is 310 g/mol. The second-order valence-electron chi connectivity index (χ2n) is 5.13. The number of fused-ring (bicyclic) bond motifs is 1. The number of benzene rings is 1. The zero-order valence-corrected chi connectivity index (χ0v) is 12.2. The van der Waals surface area contributed by atoms with E-state index in [4.69, 9.17) is 4.74 Å². The summed E-state index contributed by atoms with van der Waals surface area (Å²) in [5.41, 5.74) is 1.10. The van der Waals surface area contributed by atoms with Crippen LogP contribution in [0.15, 0.2) is 22.7 Å². The Bertz CT molecular complexity index is 438. The van der Waals surface area contributed by atoms with Gasteiger partial charge in [0.25, 0.3) is 0 Å². The van der Waals surface area contributed by atoms with Crippen molar-refractivity contribution in [1.29, 1.82) is 0 Å². The van der Waals surface area contributed by atoms with Gasteiger partial charge in [-0.3, -0.25) is 4.90 Å². The summed E-state index contributed by atoms with van der Waals surface area (Å²) in [6.45, 7) is 2.51. The molecule has 2 aliphatic rings. The number of ether oxygens (including phenoxy) is 1. The average molecular weight is 311 g/mol. The van der Waals surface area contributed by atoms with Crippen LogP contribution in [0.25, 0.3) is 0 Å². The third-order valence-corrected chi connectivity index (χ3v) is 4.60. The van der Waals surface area contributed by atoms with Gasteiger partial charge in [0, 0.05) is 23.1 Å². The fraction of sp³-hybridized carbons (Fsp3) is 0.571. The van der Waals surface area contributed by atoms with E-state index in [1.54, 1.807) is 7.11 Å². The van der Waals surface area contributed by atoms with Crippen LogP contribution in [-0.2, 0) is 0 Å². The van der Waals surface area contributed by atoms with Crippen molar-refractivity contribution in [3.05, 3.63) is 22.7 Å². The number of anilines is 1. The second-order valence-corrected chi connectivity index (χ2v) is 6.05. The first kappa shape index (κ1) is 12.3. The molecule has 0 saturated carbocycles. The minimum absolute atomic E-state index is 0.565. The molecule has 0 aliphatic carbocycles. The molecule has 0 spiro atoms. The van der Waals surface area contributed by atoms with Gasteiger partial charge in [-0.25, -0.2) is 0 Å². The minimum atomic E-state index is 0.565. The summed E-state index contributed by atoms with van der Waals surface area (Å²) in [4.78, 5) is 2.61. The third-order valence-electron chi connectivity index (χ3n) is 4.11. The summed E-state index contributed by atoms with van der Waals surface area (Å²) in [7, 11) is 1.73. The predicted molar refractivity (Wildman–Crippen MR) is 77.3 cm³/mol. The molecule has 3 rings (SSSR count). The molecule has 0 aromatic heterocycles. The number of hydrogen-bond acceptors (Lipinski definition) is 3. The van der Waals surface area contributed by atoms with Crippen LogP contribution < -0.4 is 10.1 Å². The van der Waals surface area contributed by atoms with Crippen LogP contribution in [0.4, 0.5) is 5.69 Å². The van der Waals surface area contributed by atoms with Crippen LogP contribution >= 0.6 is 15.9 Å². The van der Waals surface area contributed by atoms with E-state index in [2.05, 4.69) is 32.2 Å². The average Bonchev–Trinajstić information content (AvgIpc) is 2.94. The Morgan fingerprint density at radius 2 is 2.22 bits per heavy atom. The normalized spacial score (nSPS) is 27.2. The van der Waals surface area contributed by atoms with Crippen molar-refractivity contribution in [1.82, 2.24) is 4.90 Å². The molecule has 2 fully saturated rings. The summed E-state index contributed by atoms with van der Waals surface area (Å²) < 4.78 is 6.51. The maximum atomic E-state index is 5.43. The highest BCUT2D eigenvalue weighted by molar-refractivity contribution is 9.10. The van der Waals surface area contributed by atoms with E-state index in [1.807, 2.05) is 12.1 Å². The van der Waals surface area contributed by atoms with Crippen LogP contribution in [-0.4, -0.2) is 37.2 Å². The zero-order chi connectivity index (χ0) is 12.5. The minimum Gasteiger partial charge on any atom is -0.495 e. The van der Waals surface area contributed by atoms with Gasteiger partial charge in [-0.15, -0.1) is 0 Å². The molecular weight excluding hydrogens is 292 g/mol. The Kier molecular flexibility index (Phi) is 3.48. The summed E-state index contributed by atoms with van der Waals surface area (Å²) in [5.74, 6) is 0.926. The molecule has 4 heteroatoms. The summed E-state index contributed by atoms with van der Waals surface area (Å²) in [5, 5.41) is 3.68. The lowest BCUT2D eigenvalue weighted by molar-refractivity contribution is 0.318. The standard InChI is InChI=1S/C14H19BrN2O/c1-18-14-5-4-10(15)9-12(14)16-11-6-8-17-7-2-3-13(11)17/h4-5,9,11,13,16H,2-3,6-8H2,1H3. The molecule has 2 unspecified atom stereocenters. The van der Waals surface area contributed by atoms with Crippen molar-refractivity contribution in [3.8, 4) is 5.75 Å². The quantitative estimate of drug-likeness (QED) is 0.928. The lowest BCUT2D eigenvalue weighted by atomic mass is 10.1. The highest BCUT2D eigenvalue weighted by atomic mass is 79.9. The van der Waals surface area contributed by atoms with E-state index >= 15 is 0 Å². The van der Waals surface area contributed by atoms with Crippen molar-refractivity contribution >= 4 is 21.6 Å². The van der Waals surface area contributed by atoms with E-state index in [0.717, 1.165) is 15.9 Å². The summed E-state index contributed by atoms with van der Waals surface area (Å²) in [6.07, 6.45) is 3.91. The van der Waals surface area contributed by atoms with Crippen molar-refractivity contribution in [2.24, 2.45) is 0 Å². The molecule has 1 aromatic carbocycles. The van der Waals surface area contributed by atoms with E-state index in [0.29, 0.717) is 12.1 Å². The highest BCUT2D eigenvalue weighted by Gasteiger charge is 2.37. The Morgan fingerprint density at radius 3 is 3.06 bits per heavy atom. The number of nitrogens with zero attached hydrogens (tertiary/aromatic N) is 1. The van der Waals surface area contributed by atoms with Crippen LogP contribution in [0.1, 0.15) is 19.3 Å². The molecule has 1 aromatic rings. The number of hydrogen-bond donors (Lipinski definition) is 1. The Morgan fingerprint density at radius 1 is 1.33 bits per heavy atom. The largest absolute Gasteiger partial charge is 0.495 e. The van der Waals surface area contributed by atoms with Crippen molar-refractivity contribution in [3.63, 3.8) is 0 Å². The van der Waals surface area contributed by atoms with Crippen LogP contribution in [0.3, 0.4) is 0 Å². The maximum absolute atomic E-state index is 5.43. The van der Waals surface area contributed by atoms with Gasteiger partial charge in [0.15, 0.2) is 0 Å². The smallest absolute Gasteiger partial charge is 0.142 e. The molecule has 1 N–H and O–H groups in total. The Balaban J connectivity index is 1.78. The number of methoxy groups -OCH3 is 1. The second kappa shape index (κ2) is 5.10. The van der Waals surface area contributed by atoms with Gasteiger partial charge in [-0.05, 0) is 44.0 Å². The van der Waals surface area contributed by atoms with Gasteiger partial charge in [-0.1, -0.05) is 15.9 Å². The zero-order valence-electron chi connectivity index (χ0n) is 10.7. The maximum Gasteiger partial charge on any atom is 0.142 e. The van der Waals surface area contributed by atoms with Gasteiger partial charge in [-0.2, -0.15) is 0 Å². The van der Waals surface area contributed by atoms with Gasteiger partial charge in [0.05, 0.1) is 12.8 Å². The van der Waals surface area contributed by atoms with Gasteiger partial charge >= 0.3 is 0 Å². The molecule has 2 heterocycles. The summed E-state index contributed by atoms with van der Waals surface area (Å²) in [6, 6.07) is 7.41. The van der Waals surface area contributed by atoms with Gasteiger partial charge in [0.1, 0.15) is 5.75 Å². The first-order chi connectivity index (χ1) is 8.78. The van der Waals surface area contributed by atoms with Crippen molar-refractivity contribution in [2.75, 3.05) is 25.5 Å². The van der Waals surface area contributed by atoms with Gasteiger partial charge in [0.2, 0.25) is 0 Å². The van der Waals surface area contributed by atoms with Crippen LogP contribution in [0.2, 0.25) is 0 Å². The molecule has 0 bridgehead atoms. The summed E-state index contributed by atoms with van der Waals surface area (Å²) >= 11 is 3.53. The highest BCUT2D eigenvalue weighted by Crippen LogP contribution is 2.34. The van der Waals surface area contributed by atoms with Crippen molar-refractivity contribution < 1.29 is 4.74 Å². The first-order valence-electron chi connectivity index (χ1n) is 6.62. The molecular formula is C14H19BrN2O. The lowest BCUT2D eigenvalue weighted by Gasteiger charge is -2.23. The number of halogens is 1. The lowest BCUT2D eigenvalue weighted by Crippen LogP contribution is -2.33. The Labute approximate surface area is 117 Å². The number of rotatable bonds is 3. The van der Waals surface area contributed by atoms with Crippen molar-refractivity contribution in [2.45, 2.75) is 31.3 Å². The first-order valence-corrected chi connectivity index (χ1v) is 7.41. The van der Waals surface area contributed by atoms with E-state index in [9.17, 15) is 0 Å². The molecule has 18 heavy (non-hydrogen) atoms. The SMILES string of the molecule is COc1ccc(Br)cc1NC1CCN2CCCC12. The fourth-order valence-electron chi connectivity index (χ4n) is 3.24. The van der Waals surface area contributed by atoms with E-state index in [1.165, 1.54) is 32.4 Å². The van der Waals surface area contributed by atoms with Gasteiger partial charge < -0.3 is 10.1 Å².